The molecule has 0 saturated carbocycles. The molecule has 0 unspecified atom stereocenters. The zero-order chi connectivity index (χ0) is 26.3. The van der Waals surface area contributed by atoms with Gasteiger partial charge in [0.15, 0.2) is 0 Å². The Morgan fingerprint density at radius 1 is 1.14 bits per heavy atom. The Balaban J connectivity index is 1.74. The van der Waals surface area contributed by atoms with E-state index in [1.807, 2.05) is 0 Å². The van der Waals surface area contributed by atoms with Gasteiger partial charge in [-0.3, -0.25) is 19.2 Å². The van der Waals surface area contributed by atoms with Crippen LogP contribution in [0.3, 0.4) is 0 Å². The number of hydrogen-bond acceptors (Lipinski definition) is 8. The predicted molar refractivity (Wildman–Crippen MR) is 137 cm³/mol. The molecule has 3 rings (SSSR count). The van der Waals surface area contributed by atoms with Crippen molar-refractivity contribution in [2.45, 2.75) is 18.2 Å². The van der Waals surface area contributed by atoms with Crippen molar-refractivity contribution >= 4 is 27.3 Å². The van der Waals surface area contributed by atoms with Crippen LogP contribution in [0.15, 0.2) is 47.4 Å². The lowest BCUT2D eigenvalue weighted by molar-refractivity contribution is -0.385. The maximum absolute atomic E-state index is 13.6. The summed E-state index contributed by atoms with van der Waals surface area (Å²) in [5.41, 5.74) is 0.277. The first kappa shape index (κ1) is 27.4. The van der Waals surface area contributed by atoms with Crippen LogP contribution in [0.5, 0.6) is 5.75 Å². The first-order valence-corrected chi connectivity index (χ1v) is 13.2. The van der Waals surface area contributed by atoms with E-state index in [2.05, 4.69) is 22.2 Å². The number of carbonyl (C=O) groups excluding carboxylic acids is 1. The summed E-state index contributed by atoms with van der Waals surface area (Å²) in [5, 5.41) is 14.2. The molecular formula is C24H33N5O6S. The molecule has 1 amide bonds. The molecular weight excluding hydrogens is 486 g/mol. The van der Waals surface area contributed by atoms with Crippen molar-refractivity contribution in [1.82, 2.24) is 15.1 Å². The summed E-state index contributed by atoms with van der Waals surface area (Å²) in [7, 11) is -0.697. The third-order valence-electron chi connectivity index (χ3n) is 6.18. The van der Waals surface area contributed by atoms with E-state index < -0.39 is 27.4 Å². The van der Waals surface area contributed by atoms with Crippen molar-refractivity contribution in [3.8, 4) is 5.75 Å². The smallest absolute Gasteiger partial charge is 0.273 e. The standard InChI is InChI=1S/C24H33N5O6S/c1-19-5-10-22(17-23(19)29(31)32)36(33,34)28(20-6-8-21(35-3)9-7-20)18-24(30)25-11-4-12-27-15-13-26(2)14-16-27/h5-10,17H,4,11-16,18H2,1-3H3,(H,25,30). The molecule has 11 nitrogen and oxygen atoms in total. The summed E-state index contributed by atoms with van der Waals surface area (Å²) in [6.45, 7) is 6.32. The van der Waals surface area contributed by atoms with Crippen molar-refractivity contribution in [3.63, 3.8) is 0 Å². The molecule has 1 heterocycles. The molecule has 0 aromatic heterocycles. The number of rotatable bonds is 11. The SMILES string of the molecule is COc1ccc(N(CC(=O)NCCCN2CCN(C)CC2)S(=O)(=O)c2ccc(C)c([N+](=O)[O-])c2)cc1. The van der Waals surface area contributed by atoms with Crippen LogP contribution in [0.1, 0.15) is 12.0 Å². The number of nitro benzene ring substituents is 1. The van der Waals surface area contributed by atoms with E-state index in [4.69, 9.17) is 4.74 Å². The number of sulfonamides is 1. The second-order valence-corrected chi connectivity index (χ2v) is 10.6. The van der Waals surface area contributed by atoms with Gasteiger partial charge in [0, 0.05) is 44.4 Å². The molecule has 0 spiro atoms. The summed E-state index contributed by atoms with van der Waals surface area (Å²) in [4.78, 5) is 27.9. The van der Waals surface area contributed by atoms with E-state index in [1.165, 1.54) is 38.3 Å². The zero-order valence-electron chi connectivity index (χ0n) is 20.8. The van der Waals surface area contributed by atoms with Gasteiger partial charge in [-0.1, -0.05) is 6.07 Å². The molecule has 0 bridgehead atoms. The number of anilines is 1. The predicted octanol–water partition coefficient (Wildman–Crippen LogP) is 1.86. The van der Waals surface area contributed by atoms with E-state index in [0.29, 0.717) is 17.9 Å². The maximum atomic E-state index is 13.6. The molecule has 1 aliphatic heterocycles. The van der Waals surface area contributed by atoms with Gasteiger partial charge < -0.3 is 19.9 Å². The van der Waals surface area contributed by atoms with E-state index in [-0.39, 0.29) is 16.3 Å². The van der Waals surface area contributed by atoms with Crippen LogP contribution in [0, 0.1) is 17.0 Å². The van der Waals surface area contributed by atoms with Crippen LogP contribution in [-0.2, 0) is 14.8 Å². The molecule has 12 heteroatoms. The molecule has 0 aliphatic carbocycles. The van der Waals surface area contributed by atoms with Crippen molar-refractivity contribution < 1.29 is 22.9 Å². The highest BCUT2D eigenvalue weighted by atomic mass is 32.2. The molecule has 2 aromatic carbocycles. The Kier molecular flexibility index (Phi) is 9.24. The Bertz CT molecular complexity index is 1160. The molecule has 196 valence electrons. The van der Waals surface area contributed by atoms with Crippen molar-refractivity contribution in [2.75, 3.05) is 64.3 Å². The number of nitrogens with one attached hydrogen (secondary N) is 1. The number of carbonyl (C=O) groups is 1. The highest BCUT2D eigenvalue weighted by Crippen LogP contribution is 2.29. The number of aryl methyl sites for hydroxylation is 1. The summed E-state index contributed by atoms with van der Waals surface area (Å²) >= 11 is 0. The molecule has 2 aromatic rings. The number of ether oxygens (including phenoxy) is 1. The molecule has 1 aliphatic rings. The number of nitro groups is 1. The van der Waals surface area contributed by atoms with Crippen molar-refractivity contribution in [3.05, 3.63) is 58.1 Å². The molecule has 0 atom stereocenters. The lowest BCUT2D eigenvalue weighted by atomic mass is 10.2. The number of methoxy groups -OCH3 is 1. The van der Waals surface area contributed by atoms with Crippen molar-refractivity contribution in [2.24, 2.45) is 0 Å². The molecule has 1 fully saturated rings. The Hall–Kier alpha value is -3.22. The van der Waals surface area contributed by atoms with Gasteiger partial charge in [0.05, 0.1) is 22.6 Å². The number of likely N-dealkylation sites (N-methyl/N-ethyl adjacent to an activating group) is 1. The lowest BCUT2D eigenvalue weighted by Crippen LogP contribution is -2.45. The van der Waals surface area contributed by atoms with Crippen molar-refractivity contribution in [1.29, 1.82) is 0 Å². The number of piperazine rings is 1. The van der Waals surface area contributed by atoms with Crippen LogP contribution in [-0.4, -0.2) is 89.0 Å². The van der Waals surface area contributed by atoms with E-state index in [9.17, 15) is 23.3 Å². The van der Waals surface area contributed by atoms with E-state index >= 15 is 0 Å². The third kappa shape index (κ3) is 6.93. The van der Waals surface area contributed by atoms with E-state index in [0.717, 1.165) is 49.5 Å². The molecule has 36 heavy (non-hydrogen) atoms. The first-order chi connectivity index (χ1) is 17.1. The summed E-state index contributed by atoms with van der Waals surface area (Å²) in [6.07, 6.45) is 0.745. The number of benzene rings is 2. The maximum Gasteiger partial charge on any atom is 0.273 e. The van der Waals surface area contributed by atoms with Crippen LogP contribution >= 0.6 is 0 Å². The topological polar surface area (TPSA) is 125 Å². The van der Waals surface area contributed by atoms with Crippen LogP contribution in [0.4, 0.5) is 11.4 Å². The fourth-order valence-electron chi connectivity index (χ4n) is 3.93. The lowest BCUT2D eigenvalue weighted by Gasteiger charge is -2.32. The van der Waals surface area contributed by atoms with Crippen LogP contribution in [0.25, 0.3) is 0 Å². The van der Waals surface area contributed by atoms with Gasteiger partial charge in [0.1, 0.15) is 12.3 Å². The van der Waals surface area contributed by atoms with Crippen LogP contribution < -0.4 is 14.4 Å². The molecule has 1 N–H and O–H groups in total. The minimum Gasteiger partial charge on any atom is -0.497 e. The first-order valence-electron chi connectivity index (χ1n) is 11.7. The second kappa shape index (κ2) is 12.2. The Morgan fingerprint density at radius 3 is 2.42 bits per heavy atom. The summed E-state index contributed by atoms with van der Waals surface area (Å²) < 4.78 is 33.2. The second-order valence-electron chi connectivity index (χ2n) is 8.76. The Labute approximate surface area is 211 Å². The van der Waals surface area contributed by atoms with Gasteiger partial charge in [0.25, 0.3) is 15.7 Å². The minimum atomic E-state index is -4.28. The average Bonchev–Trinajstić information content (AvgIpc) is 2.86. The summed E-state index contributed by atoms with van der Waals surface area (Å²) in [5.74, 6) is 0.0600. The molecule has 1 saturated heterocycles. The third-order valence-corrected chi connectivity index (χ3v) is 7.95. The van der Waals surface area contributed by atoms with E-state index in [1.54, 1.807) is 12.1 Å². The number of hydrogen-bond donors (Lipinski definition) is 1. The fourth-order valence-corrected chi connectivity index (χ4v) is 5.37. The van der Waals surface area contributed by atoms with Gasteiger partial charge in [-0.15, -0.1) is 0 Å². The monoisotopic (exact) mass is 519 g/mol. The summed E-state index contributed by atoms with van der Waals surface area (Å²) in [6, 6.07) is 9.94. The minimum absolute atomic E-state index is 0.242. The van der Waals surface area contributed by atoms with Crippen LogP contribution in [0.2, 0.25) is 0 Å². The highest BCUT2D eigenvalue weighted by molar-refractivity contribution is 7.92. The van der Waals surface area contributed by atoms with Gasteiger partial charge in [-0.2, -0.15) is 0 Å². The van der Waals surface area contributed by atoms with Gasteiger partial charge in [-0.05, 0) is 57.3 Å². The normalized spacial score (nSPS) is 14.9. The van der Waals surface area contributed by atoms with Gasteiger partial charge in [0.2, 0.25) is 5.91 Å². The Morgan fingerprint density at radius 2 is 1.81 bits per heavy atom. The van der Waals surface area contributed by atoms with Gasteiger partial charge in [-0.25, -0.2) is 8.42 Å². The fraction of sp³-hybridized carbons (Fsp3) is 0.458. The number of amides is 1. The van der Waals surface area contributed by atoms with Gasteiger partial charge >= 0.3 is 0 Å². The number of nitrogens with zero attached hydrogens (tertiary/aromatic N) is 4. The zero-order valence-corrected chi connectivity index (χ0v) is 21.7. The quantitative estimate of drug-likeness (QED) is 0.271. The largest absolute Gasteiger partial charge is 0.497 e. The highest BCUT2D eigenvalue weighted by Gasteiger charge is 2.29. The average molecular weight is 520 g/mol. The molecule has 0 radical (unpaired) electrons.